The molecule has 0 saturated heterocycles. The first-order valence-electron chi connectivity index (χ1n) is 7.71. The Morgan fingerprint density at radius 3 is 2.53 bits per heavy atom. The average molecular weight is 272 g/mol. The number of hydrogen-bond acceptors (Lipinski definition) is 1. The summed E-state index contributed by atoms with van der Waals surface area (Å²) in [5.74, 6) is 0.763. The minimum atomic E-state index is -1.02. The summed E-state index contributed by atoms with van der Waals surface area (Å²) in [5, 5.41) is 0. The Morgan fingerprint density at radius 2 is 1.79 bits per heavy atom. The van der Waals surface area contributed by atoms with Crippen molar-refractivity contribution in [3.05, 3.63) is 41.0 Å². The molecule has 0 aliphatic heterocycles. The lowest BCUT2D eigenvalue weighted by atomic mass is 9.82. The van der Waals surface area contributed by atoms with Gasteiger partial charge in [0.1, 0.15) is 0 Å². The van der Waals surface area contributed by atoms with Gasteiger partial charge in [0.15, 0.2) is 9.04 Å². The van der Waals surface area contributed by atoms with Gasteiger partial charge in [-0.1, -0.05) is 49.6 Å². The van der Waals surface area contributed by atoms with Crippen molar-refractivity contribution in [2.45, 2.75) is 51.3 Å². The fourth-order valence-corrected chi connectivity index (χ4v) is 4.36. The Labute approximate surface area is 118 Å². The molecule has 2 heteroatoms. The molecule has 1 fully saturated rings. The van der Waals surface area contributed by atoms with E-state index in [1.165, 1.54) is 43.2 Å². The normalized spacial score (nSPS) is 23.5. The van der Waals surface area contributed by atoms with Crippen LogP contribution in [0.3, 0.4) is 0 Å². The van der Waals surface area contributed by atoms with Crippen molar-refractivity contribution < 1.29 is 4.43 Å². The smallest absolute Gasteiger partial charge is 0.172 e. The van der Waals surface area contributed by atoms with E-state index in [1.54, 1.807) is 5.57 Å². The van der Waals surface area contributed by atoms with Gasteiger partial charge in [-0.25, -0.2) is 0 Å². The summed E-state index contributed by atoms with van der Waals surface area (Å²) >= 11 is 0. The van der Waals surface area contributed by atoms with Gasteiger partial charge in [0.25, 0.3) is 0 Å². The monoisotopic (exact) mass is 272 g/mol. The maximum absolute atomic E-state index is 6.37. The van der Waals surface area contributed by atoms with Crippen molar-refractivity contribution in [1.82, 2.24) is 0 Å². The Kier molecular flexibility index (Phi) is 3.90. The molecule has 0 heterocycles. The summed E-state index contributed by atoms with van der Waals surface area (Å²) in [6.45, 7) is 4.55. The van der Waals surface area contributed by atoms with E-state index < -0.39 is 9.04 Å². The quantitative estimate of drug-likeness (QED) is 0.724. The Morgan fingerprint density at radius 1 is 1.05 bits per heavy atom. The number of rotatable bonds is 3. The molecule has 2 aliphatic rings. The molecule has 1 unspecified atom stereocenters. The van der Waals surface area contributed by atoms with E-state index in [0.717, 1.165) is 5.92 Å². The first kappa shape index (κ1) is 13.1. The third kappa shape index (κ3) is 2.70. The molecule has 1 saturated carbocycles. The van der Waals surface area contributed by atoms with Gasteiger partial charge in [-0.3, -0.25) is 0 Å². The SMILES string of the molecule is C[SiH](C)OC1C(C2CCCCC2)=Cc2ccccc21. The largest absolute Gasteiger partial charge is 0.410 e. The van der Waals surface area contributed by atoms with E-state index in [-0.39, 0.29) is 6.10 Å². The Hall–Kier alpha value is -0.863. The average Bonchev–Trinajstić information content (AvgIpc) is 2.78. The lowest BCUT2D eigenvalue weighted by Crippen LogP contribution is -2.19. The van der Waals surface area contributed by atoms with Crippen LogP contribution in [-0.4, -0.2) is 9.04 Å². The first-order valence-corrected chi connectivity index (χ1v) is 10.5. The molecule has 0 radical (unpaired) electrons. The second-order valence-electron chi connectivity index (χ2n) is 6.17. The van der Waals surface area contributed by atoms with Gasteiger partial charge >= 0.3 is 0 Å². The van der Waals surface area contributed by atoms with Gasteiger partial charge in [-0.15, -0.1) is 0 Å². The first-order chi connectivity index (χ1) is 9.25. The standard InChI is InChI=1S/C17H24OSi/c1-19(2)18-17-15-11-7-6-10-14(15)12-16(17)13-8-4-3-5-9-13/h6-7,10-13,17,19H,3-5,8-9H2,1-2H3. The van der Waals surface area contributed by atoms with Crippen molar-refractivity contribution in [3.63, 3.8) is 0 Å². The maximum atomic E-state index is 6.37. The molecule has 3 rings (SSSR count). The van der Waals surface area contributed by atoms with Crippen LogP contribution in [0.2, 0.25) is 13.1 Å². The number of benzene rings is 1. The van der Waals surface area contributed by atoms with Crippen LogP contribution in [0.4, 0.5) is 0 Å². The highest BCUT2D eigenvalue weighted by atomic mass is 28.3. The van der Waals surface area contributed by atoms with Crippen molar-refractivity contribution in [2.75, 3.05) is 0 Å². The lowest BCUT2D eigenvalue weighted by molar-refractivity contribution is 0.225. The highest BCUT2D eigenvalue weighted by Crippen LogP contribution is 2.45. The fraction of sp³-hybridized carbons (Fsp3) is 0.529. The van der Waals surface area contributed by atoms with Gasteiger partial charge < -0.3 is 4.43 Å². The predicted octanol–water partition coefficient (Wildman–Crippen LogP) is 4.71. The molecule has 19 heavy (non-hydrogen) atoms. The third-order valence-electron chi connectivity index (χ3n) is 4.39. The van der Waals surface area contributed by atoms with Gasteiger partial charge in [-0.2, -0.15) is 0 Å². The zero-order valence-corrected chi connectivity index (χ0v) is 13.2. The maximum Gasteiger partial charge on any atom is 0.172 e. The molecular weight excluding hydrogens is 248 g/mol. The minimum absolute atomic E-state index is 0.269. The van der Waals surface area contributed by atoms with E-state index in [1.807, 2.05) is 0 Å². The van der Waals surface area contributed by atoms with E-state index in [2.05, 4.69) is 43.4 Å². The van der Waals surface area contributed by atoms with Crippen LogP contribution < -0.4 is 0 Å². The molecule has 2 aliphatic carbocycles. The van der Waals surface area contributed by atoms with Gasteiger partial charge in [-0.05, 0) is 48.6 Å². The number of hydrogen-bond donors (Lipinski definition) is 0. The van der Waals surface area contributed by atoms with E-state index >= 15 is 0 Å². The number of fused-ring (bicyclic) bond motifs is 1. The Balaban J connectivity index is 1.89. The minimum Gasteiger partial charge on any atom is -0.410 e. The lowest BCUT2D eigenvalue weighted by Gasteiger charge is -2.29. The summed E-state index contributed by atoms with van der Waals surface area (Å²) < 4.78 is 6.37. The summed E-state index contributed by atoms with van der Waals surface area (Å²) in [6.07, 6.45) is 9.62. The molecule has 1 nitrogen and oxygen atoms in total. The topological polar surface area (TPSA) is 9.23 Å². The molecule has 0 N–H and O–H groups in total. The van der Waals surface area contributed by atoms with Gasteiger partial charge in [0, 0.05) is 0 Å². The summed E-state index contributed by atoms with van der Waals surface area (Å²) in [4.78, 5) is 0. The van der Waals surface area contributed by atoms with Crippen LogP contribution in [0.25, 0.3) is 6.08 Å². The highest BCUT2D eigenvalue weighted by molar-refractivity contribution is 6.48. The molecular formula is C17H24OSi. The zero-order valence-electron chi connectivity index (χ0n) is 12.1. The fourth-order valence-electron chi connectivity index (χ4n) is 3.51. The zero-order chi connectivity index (χ0) is 13.2. The second-order valence-corrected chi connectivity index (χ2v) is 8.54. The van der Waals surface area contributed by atoms with Crippen LogP contribution in [0.15, 0.2) is 29.8 Å². The van der Waals surface area contributed by atoms with Gasteiger partial charge in [0.2, 0.25) is 0 Å². The molecule has 0 amide bonds. The van der Waals surface area contributed by atoms with E-state index in [0.29, 0.717) is 0 Å². The molecule has 102 valence electrons. The molecule has 0 spiro atoms. The molecule has 1 aromatic rings. The second kappa shape index (κ2) is 5.64. The Bertz CT molecular complexity index is 472. The summed E-state index contributed by atoms with van der Waals surface area (Å²) in [6, 6.07) is 8.78. The van der Waals surface area contributed by atoms with Crippen LogP contribution >= 0.6 is 0 Å². The molecule has 1 aromatic carbocycles. The predicted molar refractivity (Wildman–Crippen MR) is 83.7 cm³/mol. The van der Waals surface area contributed by atoms with Gasteiger partial charge in [0.05, 0.1) is 6.10 Å². The van der Waals surface area contributed by atoms with Crippen molar-refractivity contribution >= 4 is 15.1 Å². The molecule has 0 bridgehead atoms. The van der Waals surface area contributed by atoms with Crippen LogP contribution in [0.5, 0.6) is 0 Å². The van der Waals surface area contributed by atoms with Crippen LogP contribution in [0, 0.1) is 5.92 Å². The van der Waals surface area contributed by atoms with E-state index in [9.17, 15) is 0 Å². The third-order valence-corrected chi connectivity index (χ3v) is 5.20. The van der Waals surface area contributed by atoms with E-state index in [4.69, 9.17) is 4.43 Å². The van der Waals surface area contributed by atoms with Crippen LogP contribution in [-0.2, 0) is 4.43 Å². The van der Waals surface area contributed by atoms with Crippen molar-refractivity contribution in [3.8, 4) is 0 Å². The summed E-state index contributed by atoms with van der Waals surface area (Å²) in [5.41, 5.74) is 4.37. The van der Waals surface area contributed by atoms with Crippen molar-refractivity contribution in [2.24, 2.45) is 5.92 Å². The van der Waals surface area contributed by atoms with Crippen molar-refractivity contribution in [1.29, 1.82) is 0 Å². The molecule has 0 aromatic heterocycles. The van der Waals surface area contributed by atoms with Crippen LogP contribution in [0.1, 0.15) is 49.3 Å². The summed E-state index contributed by atoms with van der Waals surface area (Å²) in [7, 11) is -1.02. The molecule has 1 atom stereocenters. The highest BCUT2D eigenvalue weighted by Gasteiger charge is 2.31.